The van der Waals surface area contributed by atoms with Crippen molar-refractivity contribution in [2.24, 2.45) is 0 Å². The lowest BCUT2D eigenvalue weighted by molar-refractivity contribution is -0.182. The Balaban J connectivity index is 2.09. The number of Topliss-reactive ketones (excluding diaryl/α,β-unsaturated/α-hetero) is 1. The molecule has 1 heterocycles. The van der Waals surface area contributed by atoms with Crippen molar-refractivity contribution in [3.63, 3.8) is 0 Å². The second-order valence-corrected chi connectivity index (χ2v) is 2.96. The second kappa shape index (κ2) is 5.27. The number of hydrogen-bond donors (Lipinski definition) is 0. The zero-order valence-corrected chi connectivity index (χ0v) is 7.54. The van der Waals surface area contributed by atoms with Gasteiger partial charge in [-0.05, 0) is 6.42 Å². The van der Waals surface area contributed by atoms with Gasteiger partial charge >= 0.3 is 0 Å². The van der Waals surface area contributed by atoms with E-state index < -0.39 is 0 Å². The predicted octanol–water partition coefficient (Wildman–Crippen LogP) is 1.51. The third-order valence-electron chi connectivity index (χ3n) is 1.95. The van der Waals surface area contributed by atoms with Crippen LogP contribution in [0.25, 0.3) is 0 Å². The molecule has 0 unspecified atom stereocenters. The highest BCUT2D eigenvalue weighted by Gasteiger charge is 2.14. The van der Waals surface area contributed by atoms with E-state index in [-0.39, 0.29) is 12.1 Å². The maximum atomic E-state index is 10.9. The van der Waals surface area contributed by atoms with Gasteiger partial charge in [-0.25, -0.2) is 0 Å². The number of carbonyl (C=O) groups excluding carboxylic acids is 1. The van der Waals surface area contributed by atoms with Crippen LogP contribution in [-0.4, -0.2) is 25.3 Å². The molecule has 0 atom stereocenters. The molecule has 3 nitrogen and oxygen atoms in total. The molecule has 0 saturated carbocycles. The third-order valence-corrected chi connectivity index (χ3v) is 1.95. The molecule has 0 N–H and O–H groups in total. The fourth-order valence-electron chi connectivity index (χ4n) is 1.16. The summed E-state index contributed by atoms with van der Waals surface area (Å²) in [4.78, 5) is 10.9. The summed E-state index contributed by atoms with van der Waals surface area (Å²) in [5, 5.41) is 0. The molecule has 12 heavy (non-hydrogen) atoms. The highest BCUT2D eigenvalue weighted by atomic mass is 16.7. The van der Waals surface area contributed by atoms with Gasteiger partial charge in [0.15, 0.2) is 6.29 Å². The number of ether oxygens (including phenoxy) is 2. The van der Waals surface area contributed by atoms with E-state index in [9.17, 15) is 4.79 Å². The van der Waals surface area contributed by atoms with E-state index in [1.807, 2.05) is 6.92 Å². The molecule has 70 valence electrons. The smallest absolute Gasteiger partial charge is 0.157 e. The Morgan fingerprint density at radius 1 is 1.42 bits per heavy atom. The Labute approximate surface area is 73.0 Å². The fraction of sp³-hybridized carbons (Fsp3) is 0.889. The van der Waals surface area contributed by atoms with Crippen LogP contribution >= 0.6 is 0 Å². The lowest BCUT2D eigenvalue weighted by Gasteiger charge is -2.22. The summed E-state index contributed by atoms with van der Waals surface area (Å²) in [6, 6.07) is 0. The Bertz CT molecular complexity index is 139. The summed E-state index contributed by atoms with van der Waals surface area (Å²) in [6.45, 7) is 3.42. The number of carbonyl (C=O) groups is 1. The summed E-state index contributed by atoms with van der Waals surface area (Å²) < 4.78 is 10.6. The van der Waals surface area contributed by atoms with Crippen molar-refractivity contribution in [1.82, 2.24) is 0 Å². The lowest BCUT2D eigenvalue weighted by Crippen LogP contribution is -2.25. The van der Waals surface area contributed by atoms with E-state index >= 15 is 0 Å². The molecule has 0 aromatic heterocycles. The zero-order chi connectivity index (χ0) is 8.81. The maximum Gasteiger partial charge on any atom is 0.157 e. The Kier molecular flexibility index (Phi) is 4.25. The molecule has 0 aromatic carbocycles. The van der Waals surface area contributed by atoms with Crippen molar-refractivity contribution in [1.29, 1.82) is 0 Å². The van der Waals surface area contributed by atoms with Crippen molar-refractivity contribution in [2.75, 3.05) is 13.2 Å². The van der Waals surface area contributed by atoms with E-state index in [2.05, 4.69) is 0 Å². The van der Waals surface area contributed by atoms with Gasteiger partial charge in [-0.1, -0.05) is 6.92 Å². The maximum absolute atomic E-state index is 10.9. The van der Waals surface area contributed by atoms with Crippen molar-refractivity contribution in [2.45, 2.75) is 38.9 Å². The van der Waals surface area contributed by atoms with Crippen molar-refractivity contribution in [3.05, 3.63) is 0 Å². The van der Waals surface area contributed by atoms with Crippen molar-refractivity contribution < 1.29 is 14.3 Å². The van der Waals surface area contributed by atoms with Crippen LogP contribution in [0, 0.1) is 0 Å². The van der Waals surface area contributed by atoms with Gasteiger partial charge in [0.2, 0.25) is 0 Å². The molecular formula is C9H16O3. The first-order chi connectivity index (χ1) is 5.83. The van der Waals surface area contributed by atoms with Gasteiger partial charge in [0.1, 0.15) is 5.78 Å². The molecule has 0 aromatic rings. The number of ketones is 1. The van der Waals surface area contributed by atoms with Crippen LogP contribution in [0.1, 0.15) is 32.6 Å². The molecule has 0 radical (unpaired) electrons. The van der Waals surface area contributed by atoms with E-state index in [0.29, 0.717) is 19.3 Å². The molecule has 0 aliphatic carbocycles. The van der Waals surface area contributed by atoms with Gasteiger partial charge in [-0.15, -0.1) is 0 Å². The minimum absolute atomic E-state index is 0.130. The van der Waals surface area contributed by atoms with Crippen LogP contribution < -0.4 is 0 Å². The molecule has 0 amide bonds. The first kappa shape index (κ1) is 9.68. The van der Waals surface area contributed by atoms with Crippen LogP contribution in [0.5, 0.6) is 0 Å². The highest BCUT2D eigenvalue weighted by molar-refractivity contribution is 5.77. The van der Waals surface area contributed by atoms with Crippen LogP contribution in [0.4, 0.5) is 0 Å². The Hall–Kier alpha value is -0.410. The van der Waals surface area contributed by atoms with Crippen LogP contribution in [0.2, 0.25) is 0 Å². The molecule has 1 fully saturated rings. The van der Waals surface area contributed by atoms with Crippen molar-refractivity contribution >= 4 is 5.78 Å². The average Bonchev–Trinajstić information content (AvgIpc) is 2.16. The predicted molar refractivity (Wildman–Crippen MR) is 44.8 cm³/mol. The Morgan fingerprint density at radius 3 is 2.67 bits per heavy atom. The van der Waals surface area contributed by atoms with E-state index in [0.717, 1.165) is 19.6 Å². The zero-order valence-electron chi connectivity index (χ0n) is 7.54. The summed E-state index contributed by atoms with van der Waals surface area (Å²) >= 11 is 0. The monoisotopic (exact) mass is 172 g/mol. The molecule has 0 spiro atoms. The van der Waals surface area contributed by atoms with E-state index in [4.69, 9.17) is 9.47 Å². The van der Waals surface area contributed by atoms with Gasteiger partial charge in [0.25, 0.3) is 0 Å². The third kappa shape index (κ3) is 3.32. The molecule has 1 aliphatic heterocycles. The lowest BCUT2D eigenvalue weighted by atomic mass is 10.2. The van der Waals surface area contributed by atoms with E-state index in [1.54, 1.807) is 0 Å². The molecule has 1 saturated heterocycles. The number of rotatable bonds is 4. The summed E-state index contributed by atoms with van der Waals surface area (Å²) in [7, 11) is 0. The number of hydrogen-bond acceptors (Lipinski definition) is 3. The topological polar surface area (TPSA) is 35.5 Å². The van der Waals surface area contributed by atoms with Crippen molar-refractivity contribution in [3.8, 4) is 0 Å². The van der Waals surface area contributed by atoms with Gasteiger partial charge < -0.3 is 9.47 Å². The van der Waals surface area contributed by atoms with Crippen LogP contribution in [0.15, 0.2) is 0 Å². The van der Waals surface area contributed by atoms with Crippen LogP contribution in [0.3, 0.4) is 0 Å². The van der Waals surface area contributed by atoms with Gasteiger partial charge in [-0.3, -0.25) is 4.79 Å². The molecule has 1 rings (SSSR count). The molecular weight excluding hydrogens is 156 g/mol. The second-order valence-electron chi connectivity index (χ2n) is 2.96. The molecule has 0 bridgehead atoms. The normalized spacial score (nSPS) is 19.4. The van der Waals surface area contributed by atoms with Gasteiger partial charge in [-0.2, -0.15) is 0 Å². The summed E-state index contributed by atoms with van der Waals surface area (Å²) in [5.74, 6) is 0.285. The first-order valence-electron chi connectivity index (χ1n) is 4.58. The van der Waals surface area contributed by atoms with Gasteiger partial charge in [0, 0.05) is 19.3 Å². The highest BCUT2D eigenvalue weighted by Crippen LogP contribution is 2.10. The summed E-state index contributed by atoms with van der Waals surface area (Å²) in [6.07, 6.45) is 2.76. The Morgan fingerprint density at radius 2 is 2.08 bits per heavy atom. The van der Waals surface area contributed by atoms with Gasteiger partial charge in [0.05, 0.1) is 13.2 Å². The average molecular weight is 172 g/mol. The SMILES string of the molecule is CCC(=O)CCC1OCCCO1. The fourth-order valence-corrected chi connectivity index (χ4v) is 1.16. The minimum Gasteiger partial charge on any atom is -0.353 e. The first-order valence-corrected chi connectivity index (χ1v) is 4.58. The molecule has 3 heteroatoms. The largest absolute Gasteiger partial charge is 0.353 e. The van der Waals surface area contributed by atoms with Crippen LogP contribution in [-0.2, 0) is 14.3 Å². The minimum atomic E-state index is -0.130. The quantitative estimate of drug-likeness (QED) is 0.644. The standard InChI is InChI=1S/C9H16O3/c1-2-8(10)4-5-9-11-6-3-7-12-9/h9H,2-7H2,1H3. The van der Waals surface area contributed by atoms with E-state index in [1.165, 1.54) is 0 Å². The summed E-state index contributed by atoms with van der Waals surface area (Å²) in [5.41, 5.74) is 0. The molecule has 1 aliphatic rings.